The standard InChI is InChI=1S/C14H16ClNO2/c1-9(16)4-2-7-12(17)13-8-10-5-3-6-11(15)14(10)18-13/h3,5-6,8-9H,2,4,7,16H2,1H3. The average molecular weight is 266 g/mol. The highest BCUT2D eigenvalue weighted by Gasteiger charge is 2.13. The van der Waals surface area contributed by atoms with Gasteiger partial charge in [-0.1, -0.05) is 23.7 Å². The van der Waals surface area contributed by atoms with Crippen molar-refractivity contribution in [3.8, 4) is 0 Å². The van der Waals surface area contributed by atoms with E-state index in [1.54, 1.807) is 12.1 Å². The first kappa shape index (κ1) is 13.1. The molecule has 2 N–H and O–H groups in total. The zero-order chi connectivity index (χ0) is 13.1. The Kier molecular flexibility index (Phi) is 4.04. The Morgan fingerprint density at radius 3 is 2.94 bits per heavy atom. The van der Waals surface area contributed by atoms with Crippen molar-refractivity contribution < 1.29 is 9.21 Å². The number of rotatable bonds is 5. The van der Waals surface area contributed by atoms with Crippen LogP contribution < -0.4 is 5.73 Å². The van der Waals surface area contributed by atoms with Gasteiger partial charge in [-0.05, 0) is 31.9 Å². The molecule has 1 aromatic carbocycles. The summed E-state index contributed by atoms with van der Waals surface area (Å²) in [4.78, 5) is 11.9. The van der Waals surface area contributed by atoms with Crippen molar-refractivity contribution in [2.24, 2.45) is 5.73 Å². The highest BCUT2D eigenvalue weighted by Crippen LogP contribution is 2.27. The van der Waals surface area contributed by atoms with E-state index < -0.39 is 0 Å². The van der Waals surface area contributed by atoms with Gasteiger partial charge in [0.05, 0.1) is 5.02 Å². The van der Waals surface area contributed by atoms with Crippen molar-refractivity contribution in [1.29, 1.82) is 0 Å². The number of nitrogens with two attached hydrogens (primary N) is 1. The lowest BCUT2D eigenvalue weighted by Crippen LogP contribution is -2.14. The molecule has 0 fully saturated rings. The first-order valence-corrected chi connectivity index (χ1v) is 6.42. The molecule has 2 aromatic rings. The lowest BCUT2D eigenvalue weighted by Gasteiger charge is -2.02. The van der Waals surface area contributed by atoms with Gasteiger partial charge in [-0.2, -0.15) is 0 Å². The lowest BCUT2D eigenvalue weighted by molar-refractivity contribution is 0.0954. The van der Waals surface area contributed by atoms with E-state index in [0.717, 1.165) is 18.2 Å². The second-order valence-electron chi connectivity index (χ2n) is 4.56. The van der Waals surface area contributed by atoms with Crippen LogP contribution in [0.25, 0.3) is 11.0 Å². The Morgan fingerprint density at radius 1 is 1.50 bits per heavy atom. The number of carbonyl (C=O) groups is 1. The van der Waals surface area contributed by atoms with Gasteiger partial charge >= 0.3 is 0 Å². The Balaban J connectivity index is 2.11. The zero-order valence-corrected chi connectivity index (χ0v) is 11.0. The molecule has 3 nitrogen and oxygen atoms in total. The second kappa shape index (κ2) is 5.55. The van der Waals surface area contributed by atoms with Gasteiger partial charge in [-0.3, -0.25) is 4.79 Å². The predicted octanol–water partition coefficient (Wildman–Crippen LogP) is 3.79. The van der Waals surface area contributed by atoms with Crippen molar-refractivity contribution >= 4 is 28.4 Å². The molecule has 0 saturated heterocycles. The number of halogens is 1. The summed E-state index contributed by atoms with van der Waals surface area (Å²) in [5.41, 5.74) is 6.22. The quantitative estimate of drug-likeness (QED) is 0.837. The average Bonchev–Trinajstić information content (AvgIpc) is 2.74. The van der Waals surface area contributed by atoms with Crippen LogP contribution in [0.2, 0.25) is 5.02 Å². The van der Waals surface area contributed by atoms with Crippen LogP contribution in [0.3, 0.4) is 0 Å². The van der Waals surface area contributed by atoms with Gasteiger partial charge in [0.1, 0.15) is 0 Å². The van der Waals surface area contributed by atoms with E-state index >= 15 is 0 Å². The van der Waals surface area contributed by atoms with Gasteiger partial charge < -0.3 is 10.2 Å². The molecule has 0 saturated carbocycles. The van der Waals surface area contributed by atoms with Crippen LogP contribution in [0, 0.1) is 0 Å². The minimum Gasteiger partial charge on any atom is -0.451 e. The van der Waals surface area contributed by atoms with Crippen LogP contribution in [-0.2, 0) is 0 Å². The Labute approximate surface area is 111 Å². The number of para-hydroxylation sites is 1. The highest BCUT2D eigenvalue weighted by molar-refractivity contribution is 6.34. The van der Waals surface area contributed by atoms with Gasteiger partial charge in [0.15, 0.2) is 17.1 Å². The first-order valence-electron chi connectivity index (χ1n) is 6.05. The van der Waals surface area contributed by atoms with Gasteiger partial charge in [0.2, 0.25) is 0 Å². The fraction of sp³-hybridized carbons (Fsp3) is 0.357. The molecular weight excluding hydrogens is 250 g/mol. The number of Topliss-reactive ketones (excluding diaryl/α,β-unsaturated/α-hetero) is 1. The van der Waals surface area contributed by atoms with E-state index in [0.29, 0.717) is 22.8 Å². The summed E-state index contributed by atoms with van der Waals surface area (Å²) in [5, 5.41) is 1.39. The van der Waals surface area contributed by atoms with Crippen LogP contribution in [0.1, 0.15) is 36.7 Å². The predicted molar refractivity (Wildman–Crippen MR) is 73.1 cm³/mol. The molecule has 1 atom stereocenters. The lowest BCUT2D eigenvalue weighted by atomic mass is 10.1. The molecule has 0 aliphatic carbocycles. The normalized spacial score (nSPS) is 12.8. The van der Waals surface area contributed by atoms with Crippen LogP contribution >= 0.6 is 11.6 Å². The Bertz CT molecular complexity index is 560. The fourth-order valence-corrected chi connectivity index (χ4v) is 2.09. The van der Waals surface area contributed by atoms with Crippen LogP contribution in [0.5, 0.6) is 0 Å². The zero-order valence-electron chi connectivity index (χ0n) is 10.3. The van der Waals surface area contributed by atoms with E-state index in [2.05, 4.69) is 0 Å². The number of ketones is 1. The molecule has 0 spiro atoms. The minimum absolute atomic E-state index is 0.00270. The smallest absolute Gasteiger partial charge is 0.198 e. The summed E-state index contributed by atoms with van der Waals surface area (Å²) < 4.78 is 5.51. The van der Waals surface area contributed by atoms with Gasteiger partial charge in [-0.15, -0.1) is 0 Å². The molecule has 0 aliphatic heterocycles. The van der Waals surface area contributed by atoms with Gasteiger partial charge in [-0.25, -0.2) is 0 Å². The second-order valence-corrected chi connectivity index (χ2v) is 4.97. The van der Waals surface area contributed by atoms with Gasteiger partial charge in [0, 0.05) is 17.8 Å². The summed E-state index contributed by atoms with van der Waals surface area (Å²) in [6, 6.07) is 7.34. The molecule has 0 radical (unpaired) electrons. The SMILES string of the molecule is CC(N)CCCC(=O)c1cc2cccc(Cl)c2o1. The van der Waals surface area contributed by atoms with E-state index in [1.165, 1.54) is 0 Å². The molecule has 4 heteroatoms. The monoisotopic (exact) mass is 265 g/mol. The first-order chi connectivity index (χ1) is 8.58. The number of benzene rings is 1. The number of furan rings is 1. The van der Waals surface area contributed by atoms with E-state index in [4.69, 9.17) is 21.8 Å². The highest BCUT2D eigenvalue weighted by atomic mass is 35.5. The van der Waals surface area contributed by atoms with Crippen molar-refractivity contribution in [2.75, 3.05) is 0 Å². The number of carbonyl (C=O) groups excluding carboxylic acids is 1. The summed E-state index contributed by atoms with van der Waals surface area (Å²) >= 11 is 6.00. The molecule has 1 aromatic heterocycles. The van der Waals surface area contributed by atoms with E-state index in [1.807, 2.05) is 19.1 Å². The molecule has 0 amide bonds. The van der Waals surface area contributed by atoms with Crippen molar-refractivity contribution in [3.05, 3.63) is 35.0 Å². The number of hydrogen-bond donors (Lipinski definition) is 1. The van der Waals surface area contributed by atoms with Crippen LogP contribution in [-0.4, -0.2) is 11.8 Å². The van der Waals surface area contributed by atoms with E-state index in [9.17, 15) is 4.79 Å². The molecule has 18 heavy (non-hydrogen) atoms. The van der Waals surface area contributed by atoms with Crippen LogP contribution in [0.4, 0.5) is 0 Å². The van der Waals surface area contributed by atoms with Gasteiger partial charge in [0.25, 0.3) is 0 Å². The topological polar surface area (TPSA) is 56.2 Å². The minimum atomic E-state index is 0.00270. The van der Waals surface area contributed by atoms with Crippen molar-refractivity contribution in [1.82, 2.24) is 0 Å². The maximum Gasteiger partial charge on any atom is 0.198 e. The van der Waals surface area contributed by atoms with Crippen LogP contribution in [0.15, 0.2) is 28.7 Å². The Hall–Kier alpha value is -1.32. The fourth-order valence-electron chi connectivity index (χ4n) is 1.87. The third kappa shape index (κ3) is 2.92. The third-order valence-corrected chi connectivity index (χ3v) is 3.13. The van der Waals surface area contributed by atoms with Crippen molar-refractivity contribution in [2.45, 2.75) is 32.2 Å². The number of fused-ring (bicyclic) bond motifs is 1. The molecule has 1 heterocycles. The molecule has 0 aliphatic rings. The maximum atomic E-state index is 11.9. The maximum absolute atomic E-state index is 11.9. The summed E-state index contributed by atoms with van der Waals surface area (Å²) in [6.07, 6.45) is 2.08. The Morgan fingerprint density at radius 2 is 2.28 bits per heavy atom. The molecule has 2 rings (SSSR count). The summed E-state index contributed by atoms with van der Waals surface area (Å²) in [6.45, 7) is 1.94. The molecule has 1 unspecified atom stereocenters. The number of hydrogen-bond acceptors (Lipinski definition) is 3. The van der Waals surface area contributed by atoms with Crippen molar-refractivity contribution in [3.63, 3.8) is 0 Å². The summed E-state index contributed by atoms with van der Waals surface area (Å²) in [5.74, 6) is 0.380. The molecule has 0 bridgehead atoms. The summed E-state index contributed by atoms with van der Waals surface area (Å²) in [7, 11) is 0. The molecule has 96 valence electrons. The molecular formula is C14H16ClNO2. The van der Waals surface area contributed by atoms with E-state index in [-0.39, 0.29) is 11.8 Å². The third-order valence-electron chi connectivity index (χ3n) is 2.83. The largest absolute Gasteiger partial charge is 0.451 e.